The highest BCUT2D eigenvalue weighted by Crippen LogP contribution is 2.25. The molecule has 0 aromatic carbocycles. The van der Waals surface area contributed by atoms with Gasteiger partial charge >= 0.3 is 0 Å². The summed E-state index contributed by atoms with van der Waals surface area (Å²) in [5.74, 6) is 1.92. The number of piperidine rings is 1. The monoisotopic (exact) mass is 193 g/mol. The van der Waals surface area contributed by atoms with Gasteiger partial charge in [0.1, 0.15) is 5.82 Å². The summed E-state index contributed by atoms with van der Waals surface area (Å²) in [5, 5.41) is 3.58. The van der Waals surface area contributed by atoms with Crippen LogP contribution in [0.4, 0.5) is 0 Å². The Labute approximate surface area is 85.5 Å². The Morgan fingerprint density at radius 3 is 2.79 bits per heavy atom. The van der Waals surface area contributed by atoms with E-state index in [0.29, 0.717) is 6.04 Å². The topological polar surface area (TPSA) is 29.9 Å². The van der Waals surface area contributed by atoms with E-state index in [4.69, 9.17) is 0 Å². The molecular formula is C11H19N3. The maximum absolute atomic E-state index is 4.33. The molecule has 2 rings (SSSR count). The third kappa shape index (κ3) is 1.69. The zero-order chi connectivity index (χ0) is 10.1. The lowest BCUT2D eigenvalue weighted by Gasteiger charge is -2.28. The Bertz CT molecular complexity index is 308. The fourth-order valence-electron chi connectivity index (χ4n) is 2.09. The normalized spacial score (nSPS) is 27.9. The van der Waals surface area contributed by atoms with Crippen LogP contribution in [-0.4, -0.2) is 16.1 Å². The summed E-state index contributed by atoms with van der Waals surface area (Å²) in [6, 6.07) is 0.511. The van der Waals surface area contributed by atoms with Crippen LogP contribution in [0.15, 0.2) is 6.20 Å². The molecule has 0 aliphatic carbocycles. The quantitative estimate of drug-likeness (QED) is 0.737. The van der Waals surface area contributed by atoms with E-state index in [2.05, 4.69) is 35.8 Å². The molecule has 1 aliphatic heterocycles. The van der Waals surface area contributed by atoms with Crippen LogP contribution >= 0.6 is 0 Å². The van der Waals surface area contributed by atoms with Gasteiger partial charge in [-0.3, -0.25) is 0 Å². The van der Waals surface area contributed by atoms with Gasteiger partial charge in [0.2, 0.25) is 0 Å². The minimum Gasteiger partial charge on any atom is -0.334 e. The van der Waals surface area contributed by atoms with Crippen LogP contribution in [0, 0.1) is 12.8 Å². The molecule has 0 saturated carbocycles. The number of aromatic nitrogens is 2. The fourth-order valence-corrected chi connectivity index (χ4v) is 2.09. The van der Waals surface area contributed by atoms with Gasteiger partial charge in [-0.05, 0) is 32.2 Å². The molecule has 1 aliphatic rings. The summed E-state index contributed by atoms with van der Waals surface area (Å²) < 4.78 is 2.19. The number of hydrogen-bond donors (Lipinski definition) is 1. The van der Waals surface area contributed by atoms with Gasteiger partial charge in [0.25, 0.3) is 0 Å². The maximum Gasteiger partial charge on any atom is 0.105 e. The molecule has 3 nitrogen and oxygen atoms in total. The molecule has 2 heterocycles. The van der Waals surface area contributed by atoms with Gasteiger partial charge in [-0.2, -0.15) is 0 Å². The first-order valence-corrected chi connectivity index (χ1v) is 5.40. The third-order valence-electron chi connectivity index (χ3n) is 3.27. The highest BCUT2D eigenvalue weighted by Gasteiger charge is 2.21. The molecule has 1 aromatic rings. The second-order valence-corrected chi connectivity index (χ2v) is 4.43. The Balaban J connectivity index is 2.12. The zero-order valence-corrected chi connectivity index (χ0v) is 9.25. The van der Waals surface area contributed by atoms with E-state index in [1.165, 1.54) is 18.5 Å². The average molecular weight is 193 g/mol. The van der Waals surface area contributed by atoms with Crippen molar-refractivity contribution in [1.82, 2.24) is 14.9 Å². The van der Waals surface area contributed by atoms with Crippen molar-refractivity contribution in [3.8, 4) is 0 Å². The van der Waals surface area contributed by atoms with Crippen molar-refractivity contribution in [3.63, 3.8) is 0 Å². The van der Waals surface area contributed by atoms with E-state index in [-0.39, 0.29) is 0 Å². The predicted octanol–water partition coefficient (Wildman–Crippen LogP) is 1.79. The van der Waals surface area contributed by atoms with Crippen molar-refractivity contribution in [1.29, 1.82) is 0 Å². The third-order valence-corrected chi connectivity index (χ3v) is 3.27. The van der Waals surface area contributed by atoms with Crippen LogP contribution in [0.2, 0.25) is 0 Å². The summed E-state index contributed by atoms with van der Waals surface area (Å²) in [6.07, 6.45) is 4.56. The van der Waals surface area contributed by atoms with E-state index < -0.39 is 0 Å². The van der Waals surface area contributed by atoms with Crippen molar-refractivity contribution < 1.29 is 0 Å². The van der Waals surface area contributed by atoms with Crippen LogP contribution in [-0.2, 0) is 7.05 Å². The number of nitrogens with zero attached hydrogens (tertiary/aromatic N) is 2. The van der Waals surface area contributed by atoms with E-state index >= 15 is 0 Å². The summed E-state index contributed by atoms with van der Waals surface area (Å²) in [5.41, 5.74) is 1.33. The number of rotatable bonds is 1. The first-order valence-electron chi connectivity index (χ1n) is 5.40. The van der Waals surface area contributed by atoms with Gasteiger partial charge in [-0.1, -0.05) is 6.92 Å². The Kier molecular flexibility index (Phi) is 2.59. The highest BCUT2D eigenvalue weighted by molar-refractivity contribution is 5.09. The van der Waals surface area contributed by atoms with Crippen molar-refractivity contribution in [2.24, 2.45) is 13.0 Å². The average Bonchev–Trinajstić information content (AvgIpc) is 2.50. The second-order valence-electron chi connectivity index (χ2n) is 4.43. The zero-order valence-electron chi connectivity index (χ0n) is 9.25. The van der Waals surface area contributed by atoms with Gasteiger partial charge in [0.05, 0.1) is 11.9 Å². The summed E-state index contributed by atoms with van der Waals surface area (Å²) in [6.45, 7) is 5.49. The molecule has 0 radical (unpaired) electrons. The Morgan fingerprint density at radius 1 is 1.50 bits per heavy atom. The number of imidazole rings is 1. The lowest BCUT2D eigenvalue weighted by molar-refractivity contribution is 0.324. The summed E-state index contributed by atoms with van der Waals surface area (Å²) in [7, 11) is 2.09. The molecular weight excluding hydrogens is 174 g/mol. The molecule has 2 atom stereocenters. The van der Waals surface area contributed by atoms with Crippen molar-refractivity contribution in [2.75, 3.05) is 6.54 Å². The van der Waals surface area contributed by atoms with Gasteiger partial charge in [0, 0.05) is 13.1 Å². The second kappa shape index (κ2) is 3.73. The van der Waals surface area contributed by atoms with E-state index in [0.717, 1.165) is 18.3 Å². The molecule has 0 amide bonds. The molecule has 14 heavy (non-hydrogen) atoms. The standard InChI is InChI=1S/C11H19N3/c1-8-4-5-10(13-6-8)11-7-12-9(2)14(11)3/h7-8,10,13H,4-6H2,1-3H3. The molecule has 1 N–H and O–H groups in total. The first kappa shape index (κ1) is 9.71. The van der Waals surface area contributed by atoms with E-state index in [1.807, 2.05) is 6.20 Å². The van der Waals surface area contributed by atoms with Crippen molar-refractivity contribution >= 4 is 0 Å². The predicted molar refractivity (Wildman–Crippen MR) is 57.1 cm³/mol. The van der Waals surface area contributed by atoms with Crippen LogP contribution in [0.25, 0.3) is 0 Å². The fraction of sp³-hybridized carbons (Fsp3) is 0.727. The Hall–Kier alpha value is -0.830. The highest BCUT2D eigenvalue weighted by atomic mass is 15.1. The van der Waals surface area contributed by atoms with Gasteiger partial charge in [0.15, 0.2) is 0 Å². The van der Waals surface area contributed by atoms with E-state index in [1.54, 1.807) is 0 Å². The minimum absolute atomic E-state index is 0.511. The smallest absolute Gasteiger partial charge is 0.105 e. The lowest BCUT2D eigenvalue weighted by atomic mass is 9.95. The first-order chi connectivity index (χ1) is 6.68. The lowest BCUT2D eigenvalue weighted by Crippen LogP contribution is -2.32. The number of nitrogens with one attached hydrogen (secondary N) is 1. The SMILES string of the molecule is Cc1ncc(C2CCC(C)CN2)n1C. The molecule has 1 fully saturated rings. The molecule has 1 saturated heterocycles. The van der Waals surface area contributed by atoms with Crippen molar-refractivity contribution in [2.45, 2.75) is 32.7 Å². The van der Waals surface area contributed by atoms with Crippen LogP contribution < -0.4 is 5.32 Å². The molecule has 78 valence electrons. The van der Waals surface area contributed by atoms with Crippen molar-refractivity contribution in [3.05, 3.63) is 17.7 Å². The van der Waals surface area contributed by atoms with Crippen LogP contribution in [0.5, 0.6) is 0 Å². The van der Waals surface area contributed by atoms with E-state index in [9.17, 15) is 0 Å². The van der Waals surface area contributed by atoms with Gasteiger partial charge in [-0.15, -0.1) is 0 Å². The minimum atomic E-state index is 0.511. The largest absolute Gasteiger partial charge is 0.334 e. The molecule has 1 aromatic heterocycles. The summed E-state index contributed by atoms with van der Waals surface area (Å²) in [4.78, 5) is 4.33. The molecule has 2 unspecified atom stereocenters. The number of hydrogen-bond acceptors (Lipinski definition) is 2. The number of aryl methyl sites for hydroxylation is 1. The van der Waals surface area contributed by atoms with Gasteiger partial charge in [-0.25, -0.2) is 4.98 Å². The molecule has 0 spiro atoms. The molecule has 0 bridgehead atoms. The van der Waals surface area contributed by atoms with Crippen LogP contribution in [0.3, 0.4) is 0 Å². The van der Waals surface area contributed by atoms with Gasteiger partial charge < -0.3 is 9.88 Å². The molecule has 3 heteroatoms. The Morgan fingerprint density at radius 2 is 2.29 bits per heavy atom. The summed E-state index contributed by atoms with van der Waals surface area (Å²) >= 11 is 0. The maximum atomic E-state index is 4.33. The van der Waals surface area contributed by atoms with Crippen LogP contribution in [0.1, 0.15) is 37.3 Å².